The van der Waals surface area contributed by atoms with Gasteiger partial charge in [-0.05, 0) is 24.6 Å². The smallest absolute Gasteiger partial charge is 0.870 e. The maximum atomic E-state index is 8.48. The van der Waals surface area contributed by atoms with Gasteiger partial charge in [0.05, 0.1) is 0 Å². The van der Waals surface area contributed by atoms with E-state index in [1.807, 2.05) is 0 Å². The van der Waals surface area contributed by atoms with Crippen LogP contribution in [0.15, 0.2) is 0 Å². The summed E-state index contributed by atoms with van der Waals surface area (Å²) in [6.07, 6.45) is 2.70. The Hall–Kier alpha value is 1.10. The number of hydrogen-bond donors (Lipinski definition) is 0. The number of rotatable bonds is 4. The van der Waals surface area contributed by atoms with Crippen LogP contribution in [0, 0.1) is 0 Å². The van der Waals surface area contributed by atoms with Crippen molar-refractivity contribution in [3.05, 3.63) is 0 Å². The van der Waals surface area contributed by atoms with Crippen LogP contribution in [-0.4, -0.2) is 40.0 Å². The summed E-state index contributed by atoms with van der Waals surface area (Å²) >= 11 is 1.64. The maximum Gasteiger partial charge on any atom is 2.00 e. The van der Waals surface area contributed by atoms with Gasteiger partial charge < -0.3 is 15.3 Å². The summed E-state index contributed by atoms with van der Waals surface area (Å²) in [5.74, 6) is 2.79. The second kappa shape index (κ2) is 23.2. The Kier molecular flexibility index (Phi) is 42.3. The van der Waals surface area contributed by atoms with E-state index in [0.29, 0.717) is 0 Å². The van der Waals surface area contributed by atoms with Gasteiger partial charge in [-0.15, -0.1) is 0 Å². The van der Waals surface area contributed by atoms with Crippen molar-refractivity contribution in [3.8, 4) is 0 Å². The third kappa shape index (κ3) is 62.1. The summed E-state index contributed by atoms with van der Waals surface area (Å²) in [5, 5.41) is 0. The number of thiol groups is 1. The average molecular weight is 240 g/mol. The van der Waals surface area contributed by atoms with E-state index in [1.165, 1.54) is 24.3 Å². The molecule has 0 saturated carbocycles. The minimum atomic E-state index is -3.37. The van der Waals surface area contributed by atoms with E-state index in [2.05, 4.69) is 13.8 Å². The third-order valence-electron chi connectivity index (χ3n) is 0.763. The Morgan fingerprint density at radius 3 is 1.54 bits per heavy atom. The van der Waals surface area contributed by atoms with E-state index in [-0.39, 0.29) is 28.5 Å². The first-order valence-electron chi connectivity index (χ1n) is 3.59. The van der Waals surface area contributed by atoms with Crippen molar-refractivity contribution < 1.29 is 19.8 Å². The Morgan fingerprint density at radius 2 is 1.38 bits per heavy atom. The molecule has 0 fully saturated rings. The van der Waals surface area contributed by atoms with Crippen LogP contribution in [0.25, 0.3) is 0 Å². The van der Waals surface area contributed by atoms with Crippen LogP contribution in [0.1, 0.15) is 26.7 Å². The Balaban J connectivity index is -0.0000000600. The topological polar surface area (TPSA) is 93.2 Å². The molecule has 0 unspecified atom stereocenters. The Bertz CT molecular complexity index is 88.7. The van der Waals surface area contributed by atoms with Crippen molar-refractivity contribution in [2.45, 2.75) is 26.7 Å². The first-order valence-corrected chi connectivity index (χ1v) is 5.95. The monoisotopic (exact) mass is 239 g/mol. The van der Waals surface area contributed by atoms with Crippen molar-refractivity contribution in [2.24, 2.45) is 0 Å². The fourth-order valence-electron chi connectivity index (χ4n) is 0.428. The third-order valence-corrected chi connectivity index (χ3v) is 2.29. The molecule has 0 aromatic heterocycles. The molecule has 0 spiro atoms. The summed E-state index contributed by atoms with van der Waals surface area (Å²) in [6, 6.07) is 0. The maximum absolute atomic E-state index is 8.48. The predicted octanol–water partition coefficient (Wildman–Crippen LogP) is -0.572. The number of hydrogen-bond acceptors (Lipinski definition) is 4. The molecular formula is C6H16MgO4PS+. The van der Waals surface area contributed by atoms with Crippen LogP contribution >= 0.6 is 8.25 Å². The molecule has 0 aliphatic rings. The van der Waals surface area contributed by atoms with Gasteiger partial charge in [-0.25, -0.2) is 0 Å². The largest absolute Gasteiger partial charge is 2.00 e. The van der Waals surface area contributed by atoms with E-state index >= 15 is 0 Å². The van der Waals surface area contributed by atoms with Gasteiger partial charge in [-0.2, -0.15) is 0 Å². The molecule has 0 amide bonds. The molecule has 4 nitrogen and oxygen atoms in total. The average Bonchev–Trinajstić information content (AvgIpc) is 1.88. The van der Waals surface area contributed by atoms with Crippen LogP contribution in [0.2, 0.25) is 0 Å². The summed E-state index contributed by atoms with van der Waals surface area (Å²) in [7, 11) is -3.37. The SMILES string of the molecule is CCC[SH+]CCC.O=[P+]([O-])[O-].[Mg+2].[OH-]. The molecule has 76 valence electrons. The summed E-state index contributed by atoms with van der Waals surface area (Å²) in [4.78, 5) is 17.0. The molecule has 0 aliphatic heterocycles. The molecule has 1 N–H and O–H groups in total. The van der Waals surface area contributed by atoms with Crippen LogP contribution in [-0.2, 0) is 16.3 Å². The van der Waals surface area contributed by atoms with Crippen molar-refractivity contribution in [1.29, 1.82) is 0 Å². The molecule has 7 heteroatoms. The van der Waals surface area contributed by atoms with Gasteiger partial charge in [-0.1, -0.05) is 18.4 Å². The fourth-order valence-corrected chi connectivity index (χ4v) is 1.28. The predicted molar refractivity (Wildman–Crippen MR) is 54.4 cm³/mol. The van der Waals surface area contributed by atoms with Crippen LogP contribution in [0.4, 0.5) is 0 Å². The minimum Gasteiger partial charge on any atom is -0.870 e. The molecule has 0 bridgehead atoms. The molecule has 0 aromatic carbocycles. The standard InChI is InChI=1S/C6H14S.Mg.HO3P.H2O/c1-3-5-7-6-4-2;;1-4(2)3;/h3-6H2,1-2H3;;(H,1,2,3);1H2/q;+2;;/p-1. The Morgan fingerprint density at radius 1 is 1.15 bits per heavy atom. The van der Waals surface area contributed by atoms with Gasteiger partial charge in [0.1, 0.15) is 11.5 Å². The van der Waals surface area contributed by atoms with Gasteiger partial charge in [0, 0.05) is 0 Å². The van der Waals surface area contributed by atoms with Crippen LogP contribution < -0.4 is 9.79 Å². The molecular weight excluding hydrogens is 223 g/mol. The molecule has 0 heterocycles. The summed E-state index contributed by atoms with van der Waals surface area (Å²) < 4.78 is 8.48. The zero-order valence-corrected chi connectivity index (χ0v) is 11.3. The van der Waals surface area contributed by atoms with Crippen molar-refractivity contribution in [3.63, 3.8) is 0 Å². The van der Waals surface area contributed by atoms with E-state index in [0.717, 1.165) is 0 Å². The van der Waals surface area contributed by atoms with Gasteiger partial charge in [0.25, 0.3) is 8.25 Å². The molecule has 0 aliphatic carbocycles. The van der Waals surface area contributed by atoms with E-state index in [9.17, 15) is 0 Å². The van der Waals surface area contributed by atoms with Gasteiger partial charge in [0.15, 0.2) is 0 Å². The molecule has 0 saturated heterocycles. The van der Waals surface area contributed by atoms with Gasteiger partial charge in [-0.3, -0.25) is 0 Å². The zero-order chi connectivity index (χ0) is 9.11. The van der Waals surface area contributed by atoms with Crippen LogP contribution in [0.5, 0.6) is 0 Å². The molecule has 0 atom stereocenters. The van der Waals surface area contributed by atoms with Gasteiger partial charge >= 0.3 is 23.1 Å². The first kappa shape index (κ1) is 23.7. The first-order chi connectivity index (χ1) is 5.15. The minimum absolute atomic E-state index is 0. The van der Waals surface area contributed by atoms with Crippen molar-refractivity contribution >= 4 is 43.1 Å². The second-order valence-electron chi connectivity index (χ2n) is 1.89. The van der Waals surface area contributed by atoms with Gasteiger partial charge in [0.2, 0.25) is 0 Å². The quantitative estimate of drug-likeness (QED) is 0.216. The Labute approximate surface area is 101 Å². The summed E-state index contributed by atoms with van der Waals surface area (Å²) in [6.45, 7) is 4.48. The molecule has 0 rings (SSSR count). The van der Waals surface area contributed by atoms with Crippen molar-refractivity contribution in [2.75, 3.05) is 11.5 Å². The molecule has 13 heavy (non-hydrogen) atoms. The van der Waals surface area contributed by atoms with E-state index in [1.54, 1.807) is 11.8 Å². The molecule has 0 aromatic rings. The zero-order valence-electron chi connectivity index (χ0n) is 8.10. The summed E-state index contributed by atoms with van der Waals surface area (Å²) in [5.41, 5.74) is 0. The second-order valence-corrected chi connectivity index (χ2v) is 3.68. The normalized spacial score (nSPS) is 7.08. The van der Waals surface area contributed by atoms with E-state index in [4.69, 9.17) is 14.4 Å². The van der Waals surface area contributed by atoms with Crippen LogP contribution in [0.3, 0.4) is 0 Å². The van der Waals surface area contributed by atoms with Crippen molar-refractivity contribution in [1.82, 2.24) is 0 Å². The fraction of sp³-hybridized carbons (Fsp3) is 1.00. The molecule has 0 radical (unpaired) electrons. The van der Waals surface area contributed by atoms with E-state index < -0.39 is 8.25 Å².